The number of rotatable bonds is 4. The van der Waals surface area contributed by atoms with Crippen LogP contribution in [0.15, 0.2) is 30.6 Å². The van der Waals surface area contributed by atoms with Crippen LogP contribution in [0, 0.1) is 6.92 Å². The second-order valence-electron chi connectivity index (χ2n) is 6.42. The van der Waals surface area contributed by atoms with E-state index in [0.29, 0.717) is 16.4 Å². The number of carbonyl (C=O) groups excluding carboxylic acids is 1. The van der Waals surface area contributed by atoms with Crippen LogP contribution >= 0.6 is 22.9 Å². The summed E-state index contributed by atoms with van der Waals surface area (Å²) >= 11 is 7.56. The fraction of sp³-hybridized carbons (Fsp3) is 0.316. The molecule has 0 bridgehead atoms. The van der Waals surface area contributed by atoms with Gasteiger partial charge in [0.25, 0.3) is 5.91 Å². The van der Waals surface area contributed by atoms with Gasteiger partial charge in [-0.05, 0) is 37.5 Å². The van der Waals surface area contributed by atoms with Crippen molar-refractivity contribution in [1.82, 2.24) is 14.9 Å². The summed E-state index contributed by atoms with van der Waals surface area (Å²) in [5.74, 6) is 0.842. The Morgan fingerprint density at radius 1 is 1.31 bits per heavy atom. The summed E-state index contributed by atoms with van der Waals surface area (Å²) in [5, 5.41) is 5.01. The Morgan fingerprint density at radius 3 is 2.88 bits per heavy atom. The van der Waals surface area contributed by atoms with E-state index in [2.05, 4.69) is 15.3 Å². The molecule has 0 unspecified atom stereocenters. The fourth-order valence-electron chi connectivity index (χ4n) is 3.32. The third kappa shape index (κ3) is 3.27. The standard InChI is InChI=1S/C19H19ClN4OS/c1-12-15-16(17(26-12)19(25)24-7-2-3-8-24)22-11-23-18(15)21-10-13-5-4-6-14(20)9-13/h4-6,9,11H,2-3,7-8,10H2,1H3,(H,21,22,23). The van der Waals surface area contributed by atoms with Gasteiger partial charge in [0.05, 0.1) is 10.9 Å². The number of likely N-dealkylation sites (tertiary alicyclic amines) is 1. The molecule has 0 atom stereocenters. The highest BCUT2D eigenvalue weighted by molar-refractivity contribution is 7.15. The molecule has 134 valence electrons. The molecule has 7 heteroatoms. The van der Waals surface area contributed by atoms with Crippen LogP contribution in [-0.2, 0) is 6.54 Å². The SMILES string of the molecule is Cc1sc(C(=O)N2CCCC2)c2ncnc(NCc3cccc(Cl)c3)c12. The lowest BCUT2D eigenvalue weighted by Crippen LogP contribution is -2.27. The molecule has 1 amide bonds. The van der Waals surface area contributed by atoms with Crippen LogP contribution in [0.4, 0.5) is 5.82 Å². The minimum absolute atomic E-state index is 0.0880. The first-order chi connectivity index (χ1) is 12.6. The van der Waals surface area contributed by atoms with Gasteiger partial charge in [-0.25, -0.2) is 9.97 Å². The highest BCUT2D eigenvalue weighted by Gasteiger charge is 2.25. The summed E-state index contributed by atoms with van der Waals surface area (Å²) in [5.41, 5.74) is 1.82. The minimum atomic E-state index is 0.0880. The maximum atomic E-state index is 12.8. The normalized spacial score (nSPS) is 14.2. The number of nitrogens with one attached hydrogen (secondary N) is 1. The maximum Gasteiger partial charge on any atom is 0.266 e. The van der Waals surface area contributed by atoms with Gasteiger partial charge in [0.2, 0.25) is 0 Å². The Hall–Kier alpha value is -2.18. The predicted molar refractivity (Wildman–Crippen MR) is 106 cm³/mol. The van der Waals surface area contributed by atoms with E-state index in [4.69, 9.17) is 11.6 Å². The quantitative estimate of drug-likeness (QED) is 0.717. The molecule has 1 saturated heterocycles. The van der Waals surface area contributed by atoms with E-state index in [1.165, 1.54) is 17.7 Å². The number of thiophene rings is 1. The van der Waals surface area contributed by atoms with Crippen LogP contribution in [0.1, 0.15) is 33.0 Å². The molecule has 3 aromatic rings. The van der Waals surface area contributed by atoms with Crippen molar-refractivity contribution in [3.8, 4) is 0 Å². The van der Waals surface area contributed by atoms with E-state index in [9.17, 15) is 4.79 Å². The first kappa shape index (κ1) is 17.2. The number of halogens is 1. The van der Waals surface area contributed by atoms with Crippen molar-refractivity contribution < 1.29 is 4.79 Å². The van der Waals surface area contributed by atoms with Crippen LogP contribution in [0.2, 0.25) is 5.02 Å². The van der Waals surface area contributed by atoms with E-state index in [1.807, 2.05) is 36.1 Å². The van der Waals surface area contributed by atoms with E-state index < -0.39 is 0 Å². The Balaban J connectivity index is 1.65. The van der Waals surface area contributed by atoms with E-state index in [0.717, 1.165) is 53.1 Å². The first-order valence-electron chi connectivity index (χ1n) is 8.65. The van der Waals surface area contributed by atoms with Gasteiger partial charge in [-0.2, -0.15) is 0 Å². The number of benzene rings is 1. The number of anilines is 1. The molecule has 1 N–H and O–H groups in total. The van der Waals surface area contributed by atoms with E-state index in [-0.39, 0.29) is 5.91 Å². The zero-order valence-corrected chi connectivity index (χ0v) is 16.0. The summed E-state index contributed by atoms with van der Waals surface area (Å²) in [7, 11) is 0. The number of amides is 1. The van der Waals surface area contributed by atoms with Gasteiger partial charge in [0.1, 0.15) is 17.0 Å². The number of nitrogens with zero attached hydrogens (tertiary/aromatic N) is 3. The summed E-state index contributed by atoms with van der Waals surface area (Å²) in [6.07, 6.45) is 3.68. The molecule has 0 aliphatic carbocycles. The van der Waals surface area contributed by atoms with Crippen molar-refractivity contribution in [2.45, 2.75) is 26.3 Å². The fourth-order valence-corrected chi connectivity index (χ4v) is 4.60. The minimum Gasteiger partial charge on any atom is -0.365 e. The van der Waals surface area contributed by atoms with Crippen molar-refractivity contribution in [3.05, 3.63) is 50.9 Å². The number of carbonyl (C=O) groups is 1. The largest absolute Gasteiger partial charge is 0.365 e. The average molecular weight is 387 g/mol. The third-order valence-corrected chi connectivity index (χ3v) is 5.92. The number of fused-ring (bicyclic) bond motifs is 1. The second kappa shape index (κ2) is 7.21. The van der Waals surface area contributed by atoms with Gasteiger partial charge >= 0.3 is 0 Å². The topological polar surface area (TPSA) is 58.1 Å². The second-order valence-corrected chi connectivity index (χ2v) is 8.08. The Kier molecular flexibility index (Phi) is 4.78. The van der Waals surface area contributed by atoms with Gasteiger partial charge < -0.3 is 10.2 Å². The van der Waals surface area contributed by atoms with Crippen LogP contribution in [0.25, 0.3) is 10.9 Å². The number of aryl methyl sites for hydroxylation is 1. The lowest BCUT2D eigenvalue weighted by atomic mass is 10.2. The molecule has 0 radical (unpaired) electrons. The van der Waals surface area contributed by atoms with Gasteiger partial charge in [-0.3, -0.25) is 4.79 Å². The van der Waals surface area contributed by atoms with Crippen LogP contribution in [0.3, 0.4) is 0 Å². The van der Waals surface area contributed by atoms with Gasteiger partial charge in [0.15, 0.2) is 0 Å². The Bertz CT molecular complexity index is 965. The van der Waals surface area contributed by atoms with Crippen LogP contribution in [0.5, 0.6) is 0 Å². The molecule has 2 aromatic heterocycles. The summed E-state index contributed by atoms with van der Waals surface area (Å²) in [4.78, 5) is 25.4. The predicted octanol–water partition coefficient (Wildman–Crippen LogP) is 4.50. The van der Waals surface area contributed by atoms with Gasteiger partial charge in [-0.1, -0.05) is 23.7 Å². The monoisotopic (exact) mass is 386 g/mol. The molecule has 1 aliphatic rings. The smallest absolute Gasteiger partial charge is 0.266 e. The van der Waals surface area contributed by atoms with Crippen molar-refractivity contribution in [3.63, 3.8) is 0 Å². The first-order valence-corrected chi connectivity index (χ1v) is 9.84. The lowest BCUT2D eigenvalue weighted by molar-refractivity contribution is 0.0799. The number of aromatic nitrogens is 2. The summed E-state index contributed by atoms with van der Waals surface area (Å²) in [6, 6.07) is 7.72. The zero-order chi connectivity index (χ0) is 18.1. The third-order valence-electron chi connectivity index (χ3n) is 4.61. The Labute approximate surface area is 161 Å². The lowest BCUT2D eigenvalue weighted by Gasteiger charge is -2.13. The highest BCUT2D eigenvalue weighted by atomic mass is 35.5. The van der Waals surface area contributed by atoms with Crippen LogP contribution < -0.4 is 5.32 Å². The van der Waals surface area contributed by atoms with Crippen molar-refractivity contribution in [1.29, 1.82) is 0 Å². The van der Waals surface area contributed by atoms with Crippen molar-refractivity contribution in [2.75, 3.05) is 18.4 Å². The van der Waals surface area contributed by atoms with Crippen molar-refractivity contribution >= 4 is 45.6 Å². The molecule has 4 rings (SSSR count). The number of hydrogen-bond acceptors (Lipinski definition) is 5. The molecule has 1 aliphatic heterocycles. The molecule has 5 nitrogen and oxygen atoms in total. The summed E-state index contributed by atoms with van der Waals surface area (Å²) < 4.78 is 0. The summed E-state index contributed by atoms with van der Waals surface area (Å²) in [6.45, 7) is 4.30. The molecule has 1 aromatic carbocycles. The Morgan fingerprint density at radius 2 is 2.12 bits per heavy atom. The molecule has 1 fully saturated rings. The van der Waals surface area contributed by atoms with Crippen LogP contribution in [-0.4, -0.2) is 33.9 Å². The molecule has 26 heavy (non-hydrogen) atoms. The molecular weight excluding hydrogens is 368 g/mol. The maximum absolute atomic E-state index is 12.8. The van der Waals surface area contributed by atoms with E-state index >= 15 is 0 Å². The van der Waals surface area contributed by atoms with Gasteiger partial charge in [0, 0.05) is 29.5 Å². The molecule has 3 heterocycles. The van der Waals surface area contributed by atoms with Gasteiger partial charge in [-0.15, -0.1) is 11.3 Å². The average Bonchev–Trinajstić information content (AvgIpc) is 3.28. The van der Waals surface area contributed by atoms with Crippen molar-refractivity contribution in [2.24, 2.45) is 0 Å². The zero-order valence-electron chi connectivity index (χ0n) is 14.5. The van der Waals surface area contributed by atoms with E-state index in [1.54, 1.807) is 0 Å². The number of hydrogen-bond donors (Lipinski definition) is 1. The molecular formula is C19H19ClN4OS. The molecule has 0 saturated carbocycles. The highest BCUT2D eigenvalue weighted by Crippen LogP contribution is 2.34. The molecule has 0 spiro atoms.